The number of hydrogen-bond acceptors (Lipinski definition) is 4. The van der Waals surface area contributed by atoms with Crippen molar-refractivity contribution in [2.75, 3.05) is 5.73 Å². The van der Waals surface area contributed by atoms with Gasteiger partial charge in [0.2, 0.25) is 0 Å². The topological polar surface area (TPSA) is 61.0 Å². The maximum absolute atomic E-state index is 5.72. The molecule has 0 fully saturated rings. The lowest BCUT2D eigenvalue weighted by atomic mass is 10.2. The van der Waals surface area contributed by atoms with Crippen LogP contribution in [-0.4, -0.2) is 9.97 Å². The summed E-state index contributed by atoms with van der Waals surface area (Å²) in [5, 5.41) is 0. The molecule has 2 rings (SSSR count). The highest BCUT2D eigenvalue weighted by molar-refractivity contribution is 5.50. The summed E-state index contributed by atoms with van der Waals surface area (Å²) in [6.07, 6.45) is 3.29. The summed E-state index contributed by atoms with van der Waals surface area (Å²) in [5.41, 5.74) is 7.47. The number of hydrogen-bond donors (Lipinski definition) is 1. The largest absolute Gasteiger partial charge is 0.454 e. The Bertz CT molecular complexity index is 494. The summed E-state index contributed by atoms with van der Waals surface area (Å²) in [6, 6.07) is 5.52. The number of nitrogens with zero attached hydrogens (tertiary/aromatic N) is 2. The summed E-state index contributed by atoms with van der Waals surface area (Å²) >= 11 is 0. The maximum atomic E-state index is 5.72. The van der Waals surface area contributed by atoms with E-state index in [1.54, 1.807) is 12.4 Å². The van der Waals surface area contributed by atoms with Crippen LogP contribution in [0.3, 0.4) is 0 Å². The molecule has 2 N–H and O–H groups in total. The van der Waals surface area contributed by atoms with Gasteiger partial charge in [0, 0.05) is 5.69 Å². The summed E-state index contributed by atoms with van der Waals surface area (Å²) < 4.78 is 5.59. The Morgan fingerprint density at radius 3 is 2.38 bits per heavy atom. The molecule has 4 nitrogen and oxygen atoms in total. The molecule has 1 heterocycles. The molecule has 0 unspecified atom stereocenters. The zero-order valence-corrected chi connectivity index (χ0v) is 9.27. The Morgan fingerprint density at radius 2 is 1.75 bits per heavy atom. The molecule has 0 amide bonds. The second kappa shape index (κ2) is 4.18. The maximum Gasteiger partial charge on any atom is 0.164 e. The lowest BCUT2D eigenvalue weighted by molar-refractivity contribution is 0.476. The lowest BCUT2D eigenvalue weighted by Crippen LogP contribution is -1.92. The van der Waals surface area contributed by atoms with Crippen LogP contribution in [0.5, 0.6) is 11.5 Å². The third-order valence-corrected chi connectivity index (χ3v) is 2.23. The van der Waals surface area contributed by atoms with Gasteiger partial charge in [0.05, 0.1) is 12.4 Å². The predicted molar refractivity (Wildman–Crippen MR) is 62.4 cm³/mol. The first kappa shape index (κ1) is 10.4. The Kier molecular flexibility index (Phi) is 2.72. The zero-order chi connectivity index (χ0) is 11.5. The number of nitrogens with two attached hydrogens (primary N) is 1. The average Bonchev–Trinajstić information content (AvgIpc) is 2.27. The molecule has 1 aromatic heterocycles. The fraction of sp³-hybridized carbons (Fsp3) is 0.167. The highest BCUT2D eigenvalue weighted by Crippen LogP contribution is 2.23. The Morgan fingerprint density at radius 1 is 1.06 bits per heavy atom. The van der Waals surface area contributed by atoms with Crippen LogP contribution in [0.1, 0.15) is 11.4 Å². The summed E-state index contributed by atoms with van der Waals surface area (Å²) in [4.78, 5) is 8.11. The summed E-state index contributed by atoms with van der Waals surface area (Å²) in [5.74, 6) is 2.08. The molecule has 0 spiro atoms. The number of benzene rings is 1. The van der Waals surface area contributed by atoms with E-state index in [-0.39, 0.29) is 0 Å². The first-order chi connectivity index (χ1) is 7.65. The van der Waals surface area contributed by atoms with E-state index in [0.717, 1.165) is 22.8 Å². The second-order valence-electron chi connectivity index (χ2n) is 3.59. The molecule has 16 heavy (non-hydrogen) atoms. The zero-order valence-electron chi connectivity index (χ0n) is 9.27. The standard InChI is InChI=1S/C12H13N3O/c1-8-5-10(3-4-12(8)13)16-11-6-14-9(2)15-7-11/h3-7H,13H2,1-2H3. The monoisotopic (exact) mass is 215 g/mol. The Balaban J connectivity index is 2.20. The molecule has 0 aliphatic heterocycles. The minimum atomic E-state index is 0.620. The Labute approximate surface area is 94.1 Å². The molecule has 0 bridgehead atoms. The van der Waals surface area contributed by atoms with Crippen molar-refractivity contribution >= 4 is 5.69 Å². The SMILES string of the molecule is Cc1ncc(Oc2ccc(N)c(C)c2)cn1. The van der Waals surface area contributed by atoms with Crippen LogP contribution in [0.15, 0.2) is 30.6 Å². The van der Waals surface area contributed by atoms with E-state index in [1.165, 1.54) is 0 Å². The van der Waals surface area contributed by atoms with Crippen molar-refractivity contribution in [3.05, 3.63) is 42.0 Å². The van der Waals surface area contributed by atoms with Crippen LogP contribution in [0.2, 0.25) is 0 Å². The van der Waals surface area contributed by atoms with Crippen LogP contribution in [0, 0.1) is 13.8 Å². The quantitative estimate of drug-likeness (QED) is 0.782. The molecule has 0 saturated carbocycles. The van der Waals surface area contributed by atoms with Crippen molar-refractivity contribution in [2.24, 2.45) is 0 Å². The van der Waals surface area contributed by atoms with Gasteiger partial charge in [0.25, 0.3) is 0 Å². The van der Waals surface area contributed by atoms with Crippen LogP contribution in [-0.2, 0) is 0 Å². The van der Waals surface area contributed by atoms with Crippen LogP contribution >= 0.6 is 0 Å². The molecular weight excluding hydrogens is 202 g/mol. The van der Waals surface area contributed by atoms with Crippen molar-refractivity contribution in [1.82, 2.24) is 9.97 Å². The molecule has 4 heteroatoms. The first-order valence-electron chi connectivity index (χ1n) is 4.98. The third-order valence-electron chi connectivity index (χ3n) is 2.23. The minimum absolute atomic E-state index is 0.620. The number of ether oxygens (including phenoxy) is 1. The van der Waals surface area contributed by atoms with E-state index in [0.29, 0.717) is 5.75 Å². The van der Waals surface area contributed by atoms with Crippen molar-refractivity contribution < 1.29 is 4.74 Å². The fourth-order valence-electron chi connectivity index (χ4n) is 1.28. The highest BCUT2D eigenvalue weighted by Gasteiger charge is 2.00. The minimum Gasteiger partial charge on any atom is -0.454 e. The normalized spacial score (nSPS) is 10.1. The number of aromatic nitrogens is 2. The van der Waals surface area contributed by atoms with Gasteiger partial charge in [-0.3, -0.25) is 0 Å². The molecule has 2 aromatic rings. The number of nitrogen functional groups attached to an aromatic ring is 1. The van der Waals surface area contributed by atoms with Gasteiger partial charge < -0.3 is 10.5 Å². The van der Waals surface area contributed by atoms with E-state index >= 15 is 0 Å². The van der Waals surface area contributed by atoms with Gasteiger partial charge in [-0.2, -0.15) is 0 Å². The van der Waals surface area contributed by atoms with Crippen molar-refractivity contribution in [3.63, 3.8) is 0 Å². The molecule has 0 saturated heterocycles. The second-order valence-corrected chi connectivity index (χ2v) is 3.59. The third kappa shape index (κ3) is 2.28. The summed E-state index contributed by atoms with van der Waals surface area (Å²) in [6.45, 7) is 3.77. The molecule has 1 aromatic carbocycles. The van der Waals surface area contributed by atoms with Gasteiger partial charge in [0.15, 0.2) is 5.75 Å². The average molecular weight is 215 g/mol. The molecule has 0 aliphatic rings. The number of aryl methyl sites for hydroxylation is 2. The van der Waals surface area contributed by atoms with E-state index in [1.807, 2.05) is 32.0 Å². The fourth-order valence-corrected chi connectivity index (χ4v) is 1.28. The van der Waals surface area contributed by atoms with E-state index < -0.39 is 0 Å². The van der Waals surface area contributed by atoms with Gasteiger partial charge in [-0.05, 0) is 37.6 Å². The van der Waals surface area contributed by atoms with E-state index in [9.17, 15) is 0 Å². The smallest absolute Gasteiger partial charge is 0.164 e. The van der Waals surface area contributed by atoms with Crippen LogP contribution < -0.4 is 10.5 Å². The lowest BCUT2D eigenvalue weighted by Gasteiger charge is -2.07. The number of anilines is 1. The van der Waals surface area contributed by atoms with Crippen molar-refractivity contribution in [2.45, 2.75) is 13.8 Å². The van der Waals surface area contributed by atoms with Gasteiger partial charge in [0.1, 0.15) is 11.6 Å². The molecular formula is C12H13N3O. The Hall–Kier alpha value is -2.10. The highest BCUT2D eigenvalue weighted by atomic mass is 16.5. The predicted octanol–water partition coefficient (Wildman–Crippen LogP) is 2.47. The van der Waals surface area contributed by atoms with E-state index in [2.05, 4.69) is 9.97 Å². The van der Waals surface area contributed by atoms with Gasteiger partial charge in [-0.15, -0.1) is 0 Å². The van der Waals surface area contributed by atoms with Crippen LogP contribution in [0.25, 0.3) is 0 Å². The van der Waals surface area contributed by atoms with E-state index in [4.69, 9.17) is 10.5 Å². The molecule has 0 aliphatic carbocycles. The van der Waals surface area contributed by atoms with Gasteiger partial charge >= 0.3 is 0 Å². The first-order valence-corrected chi connectivity index (χ1v) is 4.98. The summed E-state index contributed by atoms with van der Waals surface area (Å²) in [7, 11) is 0. The van der Waals surface area contributed by atoms with Gasteiger partial charge in [-0.25, -0.2) is 9.97 Å². The van der Waals surface area contributed by atoms with Crippen LogP contribution in [0.4, 0.5) is 5.69 Å². The molecule has 0 radical (unpaired) electrons. The van der Waals surface area contributed by atoms with Crippen molar-refractivity contribution in [3.8, 4) is 11.5 Å². The number of rotatable bonds is 2. The van der Waals surface area contributed by atoms with Gasteiger partial charge in [-0.1, -0.05) is 0 Å². The molecule has 0 atom stereocenters. The van der Waals surface area contributed by atoms with Crippen molar-refractivity contribution in [1.29, 1.82) is 0 Å². The molecule has 82 valence electrons.